The van der Waals surface area contributed by atoms with Gasteiger partial charge in [-0.25, -0.2) is 4.39 Å². The number of ketones is 1. The first-order valence-electron chi connectivity index (χ1n) is 5.31. The number of carbonyl (C=O) groups is 1. The lowest BCUT2D eigenvalue weighted by atomic mass is 9.94. The fourth-order valence-electron chi connectivity index (χ4n) is 1.76. The monoisotopic (exact) mass is 285 g/mol. The Labute approximate surface area is 102 Å². The molecule has 1 aromatic rings. The number of benzene rings is 1. The topological polar surface area (TPSA) is 29.1 Å². The van der Waals surface area contributed by atoms with Gasteiger partial charge in [0, 0.05) is 17.3 Å². The van der Waals surface area contributed by atoms with Crippen molar-refractivity contribution in [3.05, 3.63) is 34.1 Å². The van der Waals surface area contributed by atoms with Gasteiger partial charge in [0.15, 0.2) is 0 Å². The van der Waals surface area contributed by atoms with E-state index in [4.69, 9.17) is 0 Å². The van der Waals surface area contributed by atoms with Crippen molar-refractivity contribution >= 4 is 21.7 Å². The van der Waals surface area contributed by atoms with Crippen LogP contribution in [0.5, 0.6) is 0 Å². The second-order valence-corrected chi connectivity index (χ2v) is 5.03. The molecule has 0 aromatic heterocycles. The average molecular weight is 286 g/mol. The highest BCUT2D eigenvalue weighted by Gasteiger charge is 2.20. The predicted octanol–water partition coefficient (Wildman–Crippen LogP) is 2.31. The Hall–Kier alpha value is -0.740. The van der Waals surface area contributed by atoms with E-state index in [1.807, 2.05) is 0 Å². The minimum atomic E-state index is -0.286. The van der Waals surface area contributed by atoms with Crippen LogP contribution in [0, 0.1) is 11.7 Å². The Balaban J connectivity index is 1.94. The molecule has 1 aliphatic rings. The maximum atomic E-state index is 12.8. The Morgan fingerprint density at radius 2 is 2.25 bits per heavy atom. The molecular formula is C12H13BrFNO. The molecule has 0 radical (unpaired) electrons. The molecule has 4 heteroatoms. The first kappa shape index (κ1) is 11.7. The summed E-state index contributed by atoms with van der Waals surface area (Å²) in [5, 5.41) is 3.14. The predicted molar refractivity (Wildman–Crippen MR) is 63.8 cm³/mol. The van der Waals surface area contributed by atoms with Crippen molar-refractivity contribution in [3.8, 4) is 0 Å². The zero-order valence-corrected chi connectivity index (χ0v) is 10.4. The molecule has 1 fully saturated rings. The third kappa shape index (κ3) is 2.89. The van der Waals surface area contributed by atoms with Crippen molar-refractivity contribution in [1.29, 1.82) is 0 Å². The van der Waals surface area contributed by atoms with E-state index in [1.165, 1.54) is 12.1 Å². The largest absolute Gasteiger partial charge is 0.316 e. The van der Waals surface area contributed by atoms with Crippen LogP contribution in [0.4, 0.5) is 4.39 Å². The van der Waals surface area contributed by atoms with Crippen molar-refractivity contribution in [2.45, 2.75) is 12.8 Å². The molecule has 0 unspecified atom stereocenters. The zero-order valence-electron chi connectivity index (χ0n) is 8.80. The molecule has 1 heterocycles. The molecule has 1 aromatic carbocycles. The minimum Gasteiger partial charge on any atom is -0.316 e. The summed E-state index contributed by atoms with van der Waals surface area (Å²) in [5.74, 6) is 0.428. The standard InChI is InChI=1S/C12H13BrFNO/c13-12-5-10(14)2-1-9(12)4-11(16)3-8-6-15-7-8/h1-2,5,8,15H,3-4,6-7H2. The molecule has 0 aliphatic carbocycles. The second-order valence-electron chi connectivity index (χ2n) is 4.18. The van der Waals surface area contributed by atoms with Crippen LogP contribution >= 0.6 is 15.9 Å². The van der Waals surface area contributed by atoms with Gasteiger partial charge in [-0.2, -0.15) is 0 Å². The first-order chi connectivity index (χ1) is 7.65. The highest BCUT2D eigenvalue weighted by atomic mass is 79.9. The summed E-state index contributed by atoms with van der Waals surface area (Å²) in [6.45, 7) is 1.88. The van der Waals surface area contributed by atoms with Crippen molar-refractivity contribution in [1.82, 2.24) is 5.32 Å². The molecule has 2 rings (SSSR count). The van der Waals surface area contributed by atoms with Gasteiger partial charge in [0.2, 0.25) is 0 Å². The second kappa shape index (κ2) is 5.06. The van der Waals surface area contributed by atoms with Gasteiger partial charge in [-0.15, -0.1) is 0 Å². The van der Waals surface area contributed by atoms with E-state index in [0.717, 1.165) is 18.7 Å². The van der Waals surface area contributed by atoms with E-state index < -0.39 is 0 Å². The van der Waals surface area contributed by atoms with Crippen molar-refractivity contribution < 1.29 is 9.18 Å². The van der Waals surface area contributed by atoms with E-state index in [1.54, 1.807) is 6.07 Å². The van der Waals surface area contributed by atoms with Gasteiger partial charge in [-0.05, 0) is 36.7 Å². The van der Waals surface area contributed by atoms with Crippen LogP contribution < -0.4 is 5.32 Å². The highest BCUT2D eigenvalue weighted by Crippen LogP contribution is 2.20. The van der Waals surface area contributed by atoms with Gasteiger partial charge in [-0.1, -0.05) is 22.0 Å². The maximum absolute atomic E-state index is 12.8. The van der Waals surface area contributed by atoms with Gasteiger partial charge in [-0.3, -0.25) is 4.79 Å². The zero-order chi connectivity index (χ0) is 11.5. The van der Waals surface area contributed by atoms with Crippen LogP contribution in [-0.2, 0) is 11.2 Å². The van der Waals surface area contributed by atoms with Gasteiger partial charge in [0.1, 0.15) is 11.6 Å². The van der Waals surface area contributed by atoms with E-state index in [0.29, 0.717) is 23.2 Å². The van der Waals surface area contributed by atoms with Crippen LogP contribution in [-0.4, -0.2) is 18.9 Å². The third-order valence-electron chi connectivity index (χ3n) is 2.79. The van der Waals surface area contributed by atoms with Crippen molar-refractivity contribution in [2.75, 3.05) is 13.1 Å². The summed E-state index contributed by atoms with van der Waals surface area (Å²) in [6.07, 6.45) is 1.01. The summed E-state index contributed by atoms with van der Waals surface area (Å²) in [7, 11) is 0. The molecule has 0 spiro atoms. The number of nitrogens with one attached hydrogen (secondary N) is 1. The lowest BCUT2D eigenvalue weighted by molar-refractivity contribution is -0.119. The van der Waals surface area contributed by atoms with E-state index >= 15 is 0 Å². The quantitative estimate of drug-likeness (QED) is 0.920. The van der Waals surface area contributed by atoms with Crippen molar-refractivity contribution in [2.24, 2.45) is 5.92 Å². The lowest BCUT2D eigenvalue weighted by Crippen LogP contribution is -2.43. The highest BCUT2D eigenvalue weighted by molar-refractivity contribution is 9.10. The number of hydrogen-bond acceptors (Lipinski definition) is 2. The normalized spacial score (nSPS) is 15.9. The Bertz CT molecular complexity index is 404. The summed E-state index contributed by atoms with van der Waals surface area (Å²) < 4.78 is 13.5. The SMILES string of the molecule is O=C(Cc1ccc(F)cc1Br)CC1CNC1. The molecule has 0 amide bonds. The summed E-state index contributed by atoms with van der Waals surface area (Å²) in [6, 6.07) is 4.45. The molecular weight excluding hydrogens is 273 g/mol. The fourth-order valence-corrected chi connectivity index (χ4v) is 2.26. The molecule has 0 bridgehead atoms. The molecule has 1 N–H and O–H groups in total. The molecule has 16 heavy (non-hydrogen) atoms. The van der Waals surface area contributed by atoms with Gasteiger partial charge >= 0.3 is 0 Å². The van der Waals surface area contributed by atoms with Gasteiger partial charge in [0.05, 0.1) is 0 Å². The molecule has 1 saturated heterocycles. The number of carbonyl (C=O) groups excluding carboxylic acids is 1. The van der Waals surface area contributed by atoms with E-state index in [9.17, 15) is 9.18 Å². The molecule has 1 aliphatic heterocycles. The third-order valence-corrected chi connectivity index (χ3v) is 3.52. The van der Waals surface area contributed by atoms with Crippen LogP contribution in [0.2, 0.25) is 0 Å². The van der Waals surface area contributed by atoms with Gasteiger partial charge < -0.3 is 5.32 Å². The van der Waals surface area contributed by atoms with E-state index in [-0.39, 0.29) is 11.6 Å². The Kier molecular flexibility index (Phi) is 3.71. The number of halogens is 2. The lowest BCUT2D eigenvalue weighted by Gasteiger charge is -2.26. The van der Waals surface area contributed by atoms with Crippen LogP contribution in [0.15, 0.2) is 22.7 Å². The first-order valence-corrected chi connectivity index (χ1v) is 6.11. The van der Waals surface area contributed by atoms with Crippen LogP contribution in [0.1, 0.15) is 12.0 Å². The van der Waals surface area contributed by atoms with E-state index in [2.05, 4.69) is 21.2 Å². The van der Waals surface area contributed by atoms with Gasteiger partial charge in [0.25, 0.3) is 0 Å². The molecule has 86 valence electrons. The average Bonchev–Trinajstić information content (AvgIpc) is 2.16. The fraction of sp³-hybridized carbons (Fsp3) is 0.417. The molecule has 2 nitrogen and oxygen atoms in total. The Morgan fingerprint density at radius 1 is 1.50 bits per heavy atom. The van der Waals surface area contributed by atoms with Crippen molar-refractivity contribution in [3.63, 3.8) is 0 Å². The summed E-state index contributed by atoms with van der Waals surface area (Å²) >= 11 is 3.27. The Morgan fingerprint density at radius 3 is 2.81 bits per heavy atom. The van der Waals surface area contributed by atoms with Crippen LogP contribution in [0.25, 0.3) is 0 Å². The smallest absolute Gasteiger partial charge is 0.137 e. The van der Waals surface area contributed by atoms with Crippen LogP contribution in [0.3, 0.4) is 0 Å². The minimum absolute atomic E-state index is 0.221. The maximum Gasteiger partial charge on any atom is 0.137 e. The summed E-state index contributed by atoms with van der Waals surface area (Å²) in [5.41, 5.74) is 0.860. The number of hydrogen-bond donors (Lipinski definition) is 1. The number of Topliss-reactive ketones (excluding diaryl/α,β-unsaturated/α-hetero) is 1. The molecule has 0 atom stereocenters. The number of rotatable bonds is 4. The summed E-state index contributed by atoms with van der Waals surface area (Å²) in [4.78, 5) is 11.7. The molecule has 0 saturated carbocycles.